The zero-order chi connectivity index (χ0) is 19.5. The zero-order valence-electron chi connectivity index (χ0n) is 14.8. The van der Waals surface area contributed by atoms with E-state index in [0.29, 0.717) is 10.2 Å². The number of halogens is 1. The molecule has 0 unspecified atom stereocenters. The van der Waals surface area contributed by atoms with Gasteiger partial charge in [0.25, 0.3) is 5.56 Å². The molecule has 28 heavy (non-hydrogen) atoms. The number of nitrogens with zero attached hydrogens (tertiary/aromatic N) is 2. The van der Waals surface area contributed by atoms with Crippen LogP contribution >= 0.6 is 11.3 Å². The van der Waals surface area contributed by atoms with Crippen LogP contribution in [0.1, 0.15) is 6.42 Å². The van der Waals surface area contributed by atoms with Gasteiger partial charge in [-0.05, 0) is 17.7 Å². The number of hydrogen-bond acceptors (Lipinski definition) is 4. The number of anilines is 1. The second-order valence-electron chi connectivity index (χ2n) is 6.22. The molecule has 0 radical (unpaired) electrons. The third kappa shape index (κ3) is 3.57. The number of aromatic nitrogens is 2. The fraction of sp³-hybridized carbons (Fsp3) is 0.0952. The Hall–Kier alpha value is -3.32. The van der Waals surface area contributed by atoms with Gasteiger partial charge in [0.05, 0.1) is 17.4 Å². The minimum absolute atomic E-state index is 0.0340. The summed E-state index contributed by atoms with van der Waals surface area (Å²) in [7, 11) is 0. The highest BCUT2D eigenvalue weighted by atomic mass is 32.1. The van der Waals surface area contributed by atoms with Gasteiger partial charge in [0, 0.05) is 23.9 Å². The molecule has 4 rings (SSSR count). The van der Waals surface area contributed by atoms with Gasteiger partial charge in [-0.1, -0.05) is 42.5 Å². The number of nitrogens with one attached hydrogen (secondary N) is 1. The Morgan fingerprint density at radius 3 is 2.64 bits per heavy atom. The topological polar surface area (TPSA) is 64.0 Å². The molecule has 0 bridgehead atoms. The van der Waals surface area contributed by atoms with Gasteiger partial charge >= 0.3 is 0 Å². The highest BCUT2D eigenvalue weighted by molar-refractivity contribution is 7.17. The van der Waals surface area contributed by atoms with Crippen molar-refractivity contribution in [2.24, 2.45) is 0 Å². The summed E-state index contributed by atoms with van der Waals surface area (Å²) in [6.45, 7) is 0.159. The predicted octanol–water partition coefficient (Wildman–Crippen LogP) is 4.29. The maximum Gasteiger partial charge on any atom is 0.262 e. The Balaban J connectivity index is 1.56. The van der Waals surface area contributed by atoms with E-state index in [1.165, 1.54) is 34.4 Å². The number of para-hydroxylation sites is 1. The lowest BCUT2D eigenvalue weighted by Crippen LogP contribution is -2.23. The number of fused-ring (bicyclic) bond motifs is 1. The number of carbonyl (C=O) groups excluding carboxylic acids is 1. The maximum atomic E-state index is 13.6. The first-order chi connectivity index (χ1) is 13.6. The minimum Gasteiger partial charge on any atom is -0.324 e. The van der Waals surface area contributed by atoms with E-state index in [2.05, 4.69) is 10.3 Å². The molecule has 0 aliphatic carbocycles. The highest BCUT2D eigenvalue weighted by Crippen LogP contribution is 2.30. The van der Waals surface area contributed by atoms with Gasteiger partial charge in [-0.25, -0.2) is 9.37 Å². The smallest absolute Gasteiger partial charge is 0.262 e. The highest BCUT2D eigenvalue weighted by Gasteiger charge is 2.14. The van der Waals surface area contributed by atoms with Crippen LogP contribution in [0.15, 0.2) is 71.1 Å². The Labute approximate surface area is 164 Å². The van der Waals surface area contributed by atoms with E-state index in [-0.39, 0.29) is 30.1 Å². The zero-order valence-corrected chi connectivity index (χ0v) is 15.6. The summed E-state index contributed by atoms with van der Waals surface area (Å²) in [6.07, 6.45) is 1.48. The molecule has 7 heteroatoms. The molecule has 140 valence electrons. The van der Waals surface area contributed by atoms with Crippen LogP contribution in [0.4, 0.5) is 10.1 Å². The molecule has 0 fully saturated rings. The van der Waals surface area contributed by atoms with Crippen molar-refractivity contribution in [1.29, 1.82) is 0 Å². The molecular formula is C21H16FN3O2S. The van der Waals surface area contributed by atoms with Crippen molar-refractivity contribution in [2.45, 2.75) is 13.0 Å². The lowest BCUT2D eigenvalue weighted by atomic mass is 10.1. The number of benzene rings is 2. The van der Waals surface area contributed by atoms with E-state index in [0.717, 1.165) is 11.1 Å². The van der Waals surface area contributed by atoms with E-state index in [1.54, 1.807) is 12.1 Å². The van der Waals surface area contributed by atoms with Crippen molar-refractivity contribution < 1.29 is 9.18 Å². The number of amides is 1. The van der Waals surface area contributed by atoms with Crippen molar-refractivity contribution in [3.8, 4) is 11.1 Å². The molecule has 2 aromatic heterocycles. The molecule has 0 aliphatic rings. The van der Waals surface area contributed by atoms with E-state index in [9.17, 15) is 14.0 Å². The summed E-state index contributed by atoms with van der Waals surface area (Å²) in [6, 6.07) is 15.6. The second kappa shape index (κ2) is 7.74. The van der Waals surface area contributed by atoms with Crippen molar-refractivity contribution in [2.75, 3.05) is 5.32 Å². The third-order valence-corrected chi connectivity index (χ3v) is 5.26. The monoisotopic (exact) mass is 393 g/mol. The predicted molar refractivity (Wildman–Crippen MR) is 109 cm³/mol. The first-order valence-corrected chi connectivity index (χ1v) is 9.58. The van der Waals surface area contributed by atoms with Crippen molar-refractivity contribution in [3.05, 3.63) is 82.5 Å². The van der Waals surface area contributed by atoms with Crippen molar-refractivity contribution in [3.63, 3.8) is 0 Å². The summed E-state index contributed by atoms with van der Waals surface area (Å²) in [5, 5.41) is 4.99. The van der Waals surface area contributed by atoms with Gasteiger partial charge in [0.1, 0.15) is 10.6 Å². The summed E-state index contributed by atoms with van der Waals surface area (Å²) in [5.74, 6) is -0.868. The molecule has 0 saturated carbocycles. The summed E-state index contributed by atoms with van der Waals surface area (Å²) in [5.41, 5.74) is 1.72. The van der Waals surface area contributed by atoms with Crippen molar-refractivity contribution >= 4 is 33.1 Å². The standard InChI is InChI=1S/C21H16FN3O2S/c22-16-8-4-5-9-17(16)24-18(26)10-11-25-13-23-20-19(21(25)27)15(12-28-20)14-6-2-1-3-7-14/h1-9,12-13H,10-11H2,(H,24,26). The van der Waals surface area contributed by atoms with Crippen LogP contribution in [0.25, 0.3) is 21.3 Å². The summed E-state index contributed by atoms with van der Waals surface area (Å²) >= 11 is 1.41. The number of thiophene rings is 1. The first-order valence-electron chi connectivity index (χ1n) is 8.70. The van der Waals surface area contributed by atoms with Gasteiger partial charge in [-0.3, -0.25) is 14.2 Å². The Bertz CT molecular complexity index is 1200. The SMILES string of the molecule is O=C(CCn1cnc2scc(-c3ccccc3)c2c1=O)Nc1ccccc1F. The summed E-state index contributed by atoms with van der Waals surface area (Å²) < 4.78 is 15.1. The quantitative estimate of drug-likeness (QED) is 0.550. The molecule has 5 nitrogen and oxygen atoms in total. The van der Waals surface area contributed by atoms with Gasteiger partial charge in [0.2, 0.25) is 5.91 Å². The lowest BCUT2D eigenvalue weighted by molar-refractivity contribution is -0.116. The van der Waals surface area contributed by atoms with Gasteiger partial charge < -0.3 is 5.32 Å². The van der Waals surface area contributed by atoms with Crippen LogP contribution in [0.2, 0.25) is 0 Å². The third-order valence-electron chi connectivity index (χ3n) is 4.37. The number of hydrogen-bond donors (Lipinski definition) is 1. The average Bonchev–Trinajstić information content (AvgIpc) is 3.15. The first kappa shape index (κ1) is 18.1. The molecule has 2 aromatic carbocycles. The van der Waals surface area contributed by atoms with E-state index in [4.69, 9.17) is 0 Å². The molecule has 0 aliphatic heterocycles. The maximum absolute atomic E-state index is 13.6. The van der Waals surface area contributed by atoms with Crippen LogP contribution in [0.3, 0.4) is 0 Å². The summed E-state index contributed by atoms with van der Waals surface area (Å²) in [4.78, 5) is 30.1. The normalized spacial score (nSPS) is 10.9. The van der Waals surface area contributed by atoms with Gasteiger partial charge in [-0.15, -0.1) is 11.3 Å². The van der Waals surface area contributed by atoms with E-state index in [1.807, 2.05) is 35.7 Å². The Kier molecular flexibility index (Phi) is 4.99. The molecule has 0 atom stereocenters. The minimum atomic E-state index is -0.498. The molecule has 1 amide bonds. The largest absolute Gasteiger partial charge is 0.324 e. The van der Waals surface area contributed by atoms with Crippen LogP contribution in [-0.2, 0) is 11.3 Å². The number of carbonyl (C=O) groups is 1. The van der Waals surface area contributed by atoms with Crippen LogP contribution in [0.5, 0.6) is 0 Å². The molecule has 1 N–H and O–H groups in total. The Morgan fingerprint density at radius 1 is 1.11 bits per heavy atom. The second-order valence-corrected chi connectivity index (χ2v) is 7.07. The molecule has 0 saturated heterocycles. The van der Waals surface area contributed by atoms with E-state index >= 15 is 0 Å². The van der Waals surface area contributed by atoms with E-state index < -0.39 is 5.82 Å². The van der Waals surface area contributed by atoms with Crippen LogP contribution < -0.4 is 10.9 Å². The molecular weight excluding hydrogens is 377 g/mol. The fourth-order valence-corrected chi connectivity index (χ4v) is 3.86. The molecule has 4 aromatic rings. The lowest BCUT2D eigenvalue weighted by Gasteiger charge is -2.08. The van der Waals surface area contributed by atoms with Gasteiger partial charge in [0.15, 0.2) is 0 Å². The average molecular weight is 393 g/mol. The number of aryl methyl sites for hydroxylation is 1. The molecule has 0 spiro atoms. The fourth-order valence-electron chi connectivity index (χ4n) is 2.95. The Morgan fingerprint density at radius 2 is 1.86 bits per heavy atom. The molecule has 2 heterocycles. The van der Waals surface area contributed by atoms with Crippen molar-refractivity contribution in [1.82, 2.24) is 9.55 Å². The van der Waals surface area contributed by atoms with Crippen LogP contribution in [-0.4, -0.2) is 15.5 Å². The number of rotatable bonds is 5. The van der Waals surface area contributed by atoms with Crippen LogP contribution in [0, 0.1) is 5.82 Å². The van der Waals surface area contributed by atoms with Gasteiger partial charge in [-0.2, -0.15) is 0 Å².